The molecule has 0 spiro atoms. The summed E-state index contributed by atoms with van der Waals surface area (Å²) in [5.41, 5.74) is 1.55. The normalized spacial score (nSPS) is 11.9. The predicted molar refractivity (Wildman–Crippen MR) is 74.2 cm³/mol. The van der Waals surface area contributed by atoms with Crippen LogP contribution in [0.5, 0.6) is 0 Å². The summed E-state index contributed by atoms with van der Waals surface area (Å²) in [5, 5.41) is 8.96. The number of amides is 1. The molecule has 0 aliphatic rings. The summed E-state index contributed by atoms with van der Waals surface area (Å²) < 4.78 is 0. The molecule has 0 aromatic heterocycles. The third-order valence-electron chi connectivity index (χ3n) is 3.32. The molecule has 4 nitrogen and oxygen atoms in total. The van der Waals surface area contributed by atoms with Crippen molar-refractivity contribution in [2.24, 2.45) is 0 Å². The van der Waals surface area contributed by atoms with Crippen LogP contribution in [-0.4, -0.2) is 34.5 Å². The molecule has 1 aromatic carbocycles. The second-order valence-corrected chi connectivity index (χ2v) is 4.59. The Morgan fingerprint density at radius 3 is 2.42 bits per heavy atom. The van der Waals surface area contributed by atoms with Crippen LogP contribution in [0.1, 0.15) is 43.1 Å². The van der Waals surface area contributed by atoms with Crippen molar-refractivity contribution < 1.29 is 14.7 Å². The van der Waals surface area contributed by atoms with E-state index in [0.717, 1.165) is 18.4 Å². The molecule has 0 aliphatic heterocycles. The second kappa shape index (κ2) is 6.92. The second-order valence-electron chi connectivity index (χ2n) is 4.59. The highest BCUT2D eigenvalue weighted by Gasteiger charge is 2.24. The molecule has 1 amide bonds. The van der Waals surface area contributed by atoms with Crippen molar-refractivity contribution in [2.45, 2.75) is 39.7 Å². The van der Waals surface area contributed by atoms with Gasteiger partial charge in [0.1, 0.15) is 6.54 Å². The minimum atomic E-state index is -0.984. The number of hydrogen-bond donors (Lipinski definition) is 1. The van der Waals surface area contributed by atoms with E-state index in [-0.39, 0.29) is 18.5 Å². The lowest BCUT2D eigenvalue weighted by atomic mass is 10.0. The van der Waals surface area contributed by atoms with E-state index in [1.165, 1.54) is 4.90 Å². The Morgan fingerprint density at radius 2 is 1.89 bits per heavy atom. The summed E-state index contributed by atoms with van der Waals surface area (Å²) in [6.07, 6.45) is 1.48. The van der Waals surface area contributed by atoms with Gasteiger partial charge in [0.2, 0.25) is 0 Å². The minimum absolute atomic E-state index is 0.0893. The van der Waals surface area contributed by atoms with E-state index in [1.807, 2.05) is 39.0 Å². The lowest BCUT2D eigenvalue weighted by Gasteiger charge is -2.27. The Kier molecular flexibility index (Phi) is 5.55. The summed E-state index contributed by atoms with van der Waals surface area (Å²) in [6.45, 7) is 5.54. The van der Waals surface area contributed by atoms with Crippen molar-refractivity contribution >= 4 is 11.9 Å². The van der Waals surface area contributed by atoms with E-state index in [2.05, 4.69) is 0 Å². The van der Waals surface area contributed by atoms with Crippen LogP contribution in [0, 0.1) is 0 Å². The Morgan fingerprint density at radius 1 is 1.26 bits per heavy atom. The van der Waals surface area contributed by atoms with Crippen molar-refractivity contribution in [3.8, 4) is 0 Å². The van der Waals surface area contributed by atoms with E-state index < -0.39 is 5.97 Å². The Balaban J connectivity index is 3.08. The van der Waals surface area contributed by atoms with Gasteiger partial charge in [0.05, 0.1) is 0 Å². The molecule has 0 aliphatic carbocycles. The van der Waals surface area contributed by atoms with Crippen molar-refractivity contribution in [2.75, 3.05) is 6.54 Å². The fourth-order valence-electron chi connectivity index (χ4n) is 1.99. The van der Waals surface area contributed by atoms with Crippen LogP contribution in [0.4, 0.5) is 0 Å². The van der Waals surface area contributed by atoms with Gasteiger partial charge in [-0.2, -0.15) is 0 Å². The number of nitrogens with zero attached hydrogens (tertiary/aromatic N) is 1. The zero-order valence-electron chi connectivity index (χ0n) is 11.7. The van der Waals surface area contributed by atoms with Gasteiger partial charge in [-0.1, -0.05) is 32.0 Å². The maximum Gasteiger partial charge on any atom is 0.323 e. The maximum absolute atomic E-state index is 12.5. The number of rotatable bonds is 6. The van der Waals surface area contributed by atoms with Gasteiger partial charge in [0, 0.05) is 11.6 Å². The summed E-state index contributed by atoms with van der Waals surface area (Å²) in [6, 6.07) is 7.28. The molecule has 19 heavy (non-hydrogen) atoms. The standard InChI is InChI=1S/C15H21NO3/c1-4-11(3)16(10-14(17)18)15(19)13-9-7-6-8-12(13)5-2/h6-9,11H,4-5,10H2,1-3H3,(H,17,18). The fourth-order valence-corrected chi connectivity index (χ4v) is 1.99. The molecule has 1 N–H and O–H groups in total. The number of benzene rings is 1. The van der Waals surface area contributed by atoms with Crippen LogP contribution in [0.15, 0.2) is 24.3 Å². The lowest BCUT2D eigenvalue weighted by molar-refractivity contribution is -0.138. The molecule has 1 aromatic rings. The van der Waals surface area contributed by atoms with Gasteiger partial charge in [-0.25, -0.2) is 0 Å². The van der Waals surface area contributed by atoms with Crippen LogP contribution in [0.3, 0.4) is 0 Å². The fraction of sp³-hybridized carbons (Fsp3) is 0.467. The first kappa shape index (κ1) is 15.2. The Labute approximate surface area is 114 Å². The number of carboxylic acids is 1. The zero-order chi connectivity index (χ0) is 14.4. The molecule has 0 bridgehead atoms. The van der Waals surface area contributed by atoms with Gasteiger partial charge in [0.25, 0.3) is 5.91 Å². The molecular weight excluding hydrogens is 242 g/mol. The largest absolute Gasteiger partial charge is 0.480 e. The van der Waals surface area contributed by atoms with Gasteiger partial charge in [-0.05, 0) is 31.4 Å². The number of aliphatic carboxylic acids is 1. The SMILES string of the molecule is CCc1ccccc1C(=O)N(CC(=O)O)C(C)CC. The third-order valence-corrected chi connectivity index (χ3v) is 3.32. The molecule has 0 fully saturated rings. The number of carboxylic acid groups (broad SMARTS) is 1. The molecular formula is C15H21NO3. The molecule has 1 rings (SSSR count). The zero-order valence-corrected chi connectivity index (χ0v) is 11.7. The highest BCUT2D eigenvalue weighted by Crippen LogP contribution is 2.15. The van der Waals surface area contributed by atoms with E-state index in [0.29, 0.717) is 5.56 Å². The molecule has 1 atom stereocenters. The smallest absolute Gasteiger partial charge is 0.323 e. The first-order valence-electron chi connectivity index (χ1n) is 6.61. The summed E-state index contributed by atoms with van der Waals surface area (Å²) >= 11 is 0. The van der Waals surface area contributed by atoms with Crippen LogP contribution >= 0.6 is 0 Å². The predicted octanol–water partition coefficient (Wildman–Crippen LogP) is 2.57. The van der Waals surface area contributed by atoms with Crippen LogP contribution in [0.25, 0.3) is 0 Å². The van der Waals surface area contributed by atoms with E-state index in [9.17, 15) is 9.59 Å². The topological polar surface area (TPSA) is 57.6 Å². The van der Waals surface area contributed by atoms with Gasteiger partial charge < -0.3 is 10.0 Å². The first-order valence-corrected chi connectivity index (χ1v) is 6.61. The average Bonchev–Trinajstić information content (AvgIpc) is 2.42. The summed E-state index contributed by atoms with van der Waals surface area (Å²) in [4.78, 5) is 24.9. The first-order chi connectivity index (χ1) is 9.01. The molecule has 0 saturated carbocycles. The van der Waals surface area contributed by atoms with Crippen molar-refractivity contribution in [1.29, 1.82) is 0 Å². The van der Waals surface area contributed by atoms with Crippen LogP contribution in [-0.2, 0) is 11.2 Å². The number of carbonyl (C=O) groups is 2. The highest BCUT2D eigenvalue weighted by molar-refractivity contribution is 5.97. The lowest BCUT2D eigenvalue weighted by Crippen LogP contribution is -2.42. The molecule has 0 saturated heterocycles. The van der Waals surface area contributed by atoms with Crippen molar-refractivity contribution in [3.05, 3.63) is 35.4 Å². The number of hydrogen-bond acceptors (Lipinski definition) is 2. The molecule has 0 heterocycles. The van der Waals surface area contributed by atoms with Crippen molar-refractivity contribution in [3.63, 3.8) is 0 Å². The van der Waals surface area contributed by atoms with Crippen LogP contribution in [0.2, 0.25) is 0 Å². The highest BCUT2D eigenvalue weighted by atomic mass is 16.4. The number of carbonyl (C=O) groups excluding carboxylic acids is 1. The Hall–Kier alpha value is -1.84. The molecule has 0 radical (unpaired) electrons. The van der Waals surface area contributed by atoms with Gasteiger partial charge >= 0.3 is 5.97 Å². The molecule has 104 valence electrons. The van der Waals surface area contributed by atoms with Gasteiger partial charge in [-0.3, -0.25) is 9.59 Å². The van der Waals surface area contributed by atoms with Crippen LogP contribution < -0.4 is 0 Å². The summed E-state index contributed by atoms with van der Waals surface area (Å²) in [5.74, 6) is -1.18. The summed E-state index contributed by atoms with van der Waals surface area (Å²) in [7, 11) is 0. The van der Waals surface area contributed by atoms with E-state index in [4.69, 9.17) is 5.11 Å². The van der Waals surface area contributed by atoms with E-state index >= 15 is 0 Å². The van der Waals surface area contributed by atoms with E-state index in [1.54, 1.807) is 6.07 Å². The van der Waals surface area contributed by atoms with Gasteiger partial charge in [-0.15, -0.1) is 0 Å². The number of aryl methyl sites for hydroxylation is 1. The quantitative estimate of drug-likeness (QED) is 0.858. The monoisotopic (exact) mass is 263 g/mol. The average molecular weight is 263 g/mol. The molecule has 4 heteroatoms. The molecule has 1 unspecified atom stereocenters. The minimum Gasteiger partial charge on any atom is -0.480 e. The Bertz CT molecular complexity index is 456. The van der Waals surface area contributed by atoms with Crippen molar-refractivity contribution in [1.82, 2.24) is 4.90 Å². The van der Waals surface area contributed by atoms with Gasteiger partial charge in [0.15, 0.2) is 0 Å². The third kappa shape index (κ3) is 3.81. The maximum atomic E-state index is 12.5.